The Bertz CT molecular complexity index is 296. The maximum Gasteiger partial charge on any atom is 0.312 e. The van der Waals surface area contributed by atoms with Gasteiger partial charge in [0.2, 0.25) is 0 Å². The molecule has 0 heterocycles. The molecular weight excluding hydrogens is 216 g/mol. The Hall–Kier alpha value is -0.860. The summed E-state index contributed by atoms with van der Waals surface area (Å²) in [5.74, 6) is 0.552. The van der Waals surface area contributed by atoms with E-state index in [-0.39, 0.29) is 17.9 Å². The summed E-state index contributed by atoms with van der Waals surface area (Å²) in [7, 11) is 0. The van der Waals surface area contributed by atoms with Crippen molar-refractivity contribution >= 4 is 11.8 Å². The molecule has 0 aromatic carbocycles. The number of hydrogen-bond acceptors (Lipinski definition) is 3. The molecule has 3 heteroatoms. The third-order valence-electron chi connectivity index (χ3n) is 3.61. The SMILES string of the molecule is CCC(C)(CC(C)C)C(=O)OC1CCC(=O)C1. The number of esters is 1. The Morgan fingerprint density at radius 3 is 2.59 bits per heavy atom. The standard InChI is InChI=1S/C14H24O3/c1-5-14(4,9-10(2)3)13(16)17-12-7-6-11(15)8-12/h10,12H,5-9H2,1-4H3. The van der Waals surface area contributed by atoms with Gasteiger partial charge in [-0.2, -0.15) is 0 Å². The van der Waals surface area contributed by atoms with Gasteiger partial charge in [-0.05, 0) is 32.1 Å². The van der Waals surface area contributed by atoms with Gasteiger partial charge in [-0.25, -0.2) is 0 Å². The Labute approximate surface area is 104 Å². The summed E-state index contributed by atoms with van der Waals surface area (Å²) < 4.78 is 5.48. The second-order valence-electron chi connectivity index (χ2n) is 5.82. The highest BCUT2D eigenvalue weighted by Gasteiger charge is 2.36. The smallest absolute Gasteiger partial charge is 0.312 e. The molecule has 0 radical (unpaired) electrons. The van der Waals surface area contributed by atoms with Crippen molar-refractivity contribution < 1.29 is 14.3 Å². The molecule has 1 aliphatic rings. The van der Waals surface area contributed by atoms with Crippen LogP contribution < -0.4 is 0 Å². The lowest BCUT2D eigenvalue weighted by atomic mass is 9.80. The Kier molecular flexibility index (Phi) is 4.72. The van der Waals surface area contributed by atoms with Gasteiger partial charge < -0.3 is 4.74 Å². The quantitative estimate of drug-likeness (QED) is 0.693. The molecule has 2 unspecified atom stereocenters. The van der Waals surface area contributed by atoms with E-state index in [2.05, 4.69) is 13.8 Å². The van der Waals surface area contributed by atoms with Crippen LogP contribution in [0.4, 0.5) is 0 Å². The third-order valence-corrected chi connectivity index (χ3v) is 3.61. The van der Waals surface area contributed by atoms with Crippen LogP contribution in [0.1, 0.15) is 59.8 Å². The summed E-state index contributed by atoms with van der Waals surface area (Å²) >= 11 is 0. The molecule has 1 fully saturated rings. The molecule has 0 aromatic rings. The van der Waals surface area contributed by atoms with Crippen molar-refractivity contribution in [1.29, 1.82) is 0 Å². The van der Waals surface area contributed by atoms with E-state index in [0.717, 1.165) is 12.8 Å². The van der Waals surface area contributed by atoms with Crippen LogP contribution in [0.15, 0.2) is 0 Å². The molecule has 1 rings (SSSR count). The lowest BCUT2D eigenvalue weighted by molar-refractivity contribution is -0.161. The van der Waals surface area contributed by atoms with Crippen LogP contribution in [-0.4, -0.2) is 17.9 Å². The first-order valence-electron chi connectivity index (χ1n) is 6.60. The van der Waals surface area contributed by atoms with Gasteiger partial charge in [-0.1, -0.05) is 20.8 Å². The number of rotatable bonds is 5. The normalized spacial score (nSPS) is 23.8. The van der Waals surface area contributed by atoms with Crippen LogP contribution in [0.3, 0.4) is 0 Å². The summed E-state index contributed by atoms with van der Waals surface area (Å²) in [6.07, 6.45) is 3.12. The first-order chi connectivity index (χ1) is 7.87. The molecule has 0 bridgehead atoms. The molecule has 17 heavy (non-hydrogen) atoms. The predicted molar refractivity (Wildman–Crippen MR) is 66.6 cm³/mol. The molecule has 2 atom stereocenters. The van der Waals surface area contributed by atoms with Crippen LogP contribution >= 0.6 is 0 Å². The third kappa shape index (κ3) is 3.83. The van der Waals surface area contributed by atoms with E-state index in [0.29, 0.717) is 25.2 Å². The fourth-order valence-electron chi connectivity index (χ4n) is 2.45. The van der Waals surface area contributed by atoms with Gasteiger partial charge in [0.05, 0.1) is 5.41 Å². The van der Waals surface area contributed by atoms with Crippen LogP contribution in [0.25, 0.3) is 0 Å². The molecule has 1 saturated carbocycles. The summed E-state index contributed by atoms with van der Waals surface area (Å²) in [5, 5.41) is 0. The number of carbonyl (C=O) groups excluding carboxylic acids is 2. The van der Waals surface area contributed by atoms with Gasteiger partial charge in [0, 0.05) is 12.8 Å². The first kappa shape index (κ1) is 14.2. The van der Waals surface area contributed by atoms with E-state index < -0.39 is 5.41 Å². The summed E-state index contributed by atoms with van der Waals surface area (Å²) in [6.45, 7) is 8.20. The van der Waals surface area contributed by atoms with Gasteiger partial charge in [0.1, 0.15) is 11.9 Å². The van der Waals surface area contributed by atoms with Crippen molar-refractivity contribution in [3.8, 4) is 0 Å². The highest BCUT2D eigenvalue weighted by Crippen LogP contribution is 2.33. The number of ether oxygens (including phenoxy) is 1. The van der Waals surface area contributed by atoms with Crippen molar-refractivity contribution in [2.45, 2.75) is 65.9 Å². The van der Waals surface area contributed by atoms with Crippen LogP contribution in [-0.2, 0) is 14.3 Å². The molecule has 1 aliphatic carbocycles. The van der Waals surface area contributed by atoms with Crippen LogP contribution in [0.5, 0.6) is 0 Å². The molecule has 0 N–H and O–H groups in total. The van der Waals surface area contributed by atoms with Gasteiger partial charge in [-0.3, -0.25) is 9.59 Å². The maximum absolute atomic E-state index is 12.2. The Balaban J connectivity index is 2.57. The van der Waals surface area contributed by atoms with Crippen molar-refractivity contribution in [3.63, 3.8) is 0 Å². The summed E-state index contributed by atoms with van der Waals surface area (Å²) in [6, 6.07) is 0. The molecule has 0 spiro atoms. The lowest BCUT2D eigenvalue weighted by Crippen LogP contribution is -2.33. The first-order valence-corrected chi connectivity index (χ1v) is 6.60. The van der Waals surface area contributed by atoms with E-state index in [9.17, 15) is 9.59 Å². The summed E-state index contributed by atoms with van der Waals surface area (Å²) in [5.41, 5.74) is -0.403. The monoisotopic (exact) mass is 240 g/mol. The van der Waals surface area contributed by atoms with E-state index >= 15 is 0 Å². The minimum Gasteiger partial charge on any atom is -0.461 e. The zero-order valence-electron chi connectivity index (χ0n) is 11.4. The van der Waals surface area contributed by atoms with E-state index in [4.69, 9.17) is 4.74 Å². The van der Waals surface area contributed by atoms with Crippen molar-refractivity contribution in [1.82, 2.24) is 0 Å². The second kappa shape index (κ2) is 5.65. The van der Waals surface area contributed by atoms with E-state index in [1.165, 1.54) is 0 Å². The second-order valence-corrected chi connectivity index (χ2v) is 5.82. The fraction of sp³-hybridized carbons (Fsp3) is 0.857. The molecule has 0 aromatic heterocycles. The fourth-order valence-corrected chi connectivity index (χ4v) is 2.45. The molecular formula is C14H24O3. The van der Waals surface area contributed by atoms with Gasteiger partial charge >= 0.3 is 5.97 Å². The predicted octanol–water partition coefficient (Wildman–Crippen LogP) is 3.11. The van der Waals surface area contributed by atoms with E-state index in [1.807, 2.05) is 13.8 Å². The number of carbonyl (C=O) groups is 2. The van der Waals surface area contributed by atoms with Crippen molar-refractivity contribution in [2.24, 2.45) is 11.3 Å². The van der Waals surface area contributed by atoms with Crippen molar-refractivity contribution in [3.05, 3.63) is 0 Å². The summed E-state index contributed by atoms with van der Waals surface area (Å²) in [4.78, 5) is 23.3. The number of ketones is 1. The Morgan fingerprint density at radius 1 is 1.53 bits per heavy atom. The average molecular weight is 240 g/mol. The Morgan fingerprint density at radius 2 is 2.18 bits per heavy atom. The zero-order valence-corrected chi connectivity index (χ0v) is 11.4. The van der Waals surface area contributed by atoms with Crippen molar-refractivity contribution in [2.75, 3.05) is 0 Å². The van der Waals surface area contributed by atoms with Crippen LogP contribution in [0.2, 0.25) is 0 Å². The van der Waals surface area contributed by atoms with Gasteiger partial charge in [-0.15, -0.1) is 0 Å². The minimum absolute atomic E-state index is 0.131. The highest BCUT2D eigenvalue weighted by molar-refractivity contribution is 5.82. The number of Topliss-reactive ketones (excluding diaryl/α,β-unsaturated/α-hetero) is 1. The zero-order chi connectivity index (χ0) is 13.1. The topological polar surface area (TPSA) is 43.4 Å². The highest BCUT2D eigenvalue weighted by atomic mass is 16.5. The van der Waals surface area contributed by atoms with Crippen LogP contribution in [0, 0.1) is 11.3 Å². The van der Waals surface area contributed by atoms with E-state index in [1.54, 1.807) is 0 Å². The molecule has 0 amide bonds. The van der Waals surface area contributed by atoms with Gasteiger partial charge in [0.25, 0.3) is 0 Å². The largest absolute Gasteiger partial charge is 0.461 e. The lowest BCUT2D eigenvalue weighted by Gasteiger charge is -2.29. The molecule has 0 saturated heterocycles. The molecule has 3 nitrogen and oxygen atoms in total. The average Bonchev–Trinajstić information content (AvgIpc) is 2.62. The van der Waals surface area contributed by atoms with Gasteiger partial charge in [0.15, 0.2) is 0 Å². The number of hydrogen-bond donors (Lipinski definition) is 0. The molecule has 98 valence electrons. The molecule has 0 aliphatic heterocycles. The maximum atomic E-state index is 12.2. The minimum atomic E-state index is -0.403.